The number of nitrogen functional groups attached to an aromatic ring is 1. The summed E-state index contributed by atoms with van der Waals surface area (Å²) in [7, 11) is 0. The Balaban J connectivity index is 1.97. The fourth-order valence-corrected chi connectivity index (χ4v) is 1.51. The summed E-state index contributed by atoms with van der Waals surface area (Å²) in [4.78, 5) is 0. The number of aromatic nitrogens is 2. The number of nitrogens with zero attached hydrogens (tertiary/aromatic N) is 2. The average molecular weight is 214 g/mol. The molecular formula is C12H14N4. The van der Waals surface area contributed by atoms with Crippen LogP contribution in [0.15, 0.2) is 42.7 Å². The van der Waals surface area contributed by atoms with Gasteiger partial charge in [0.2, 0.25) is 0 Å². The third kappa shape index (κ3) is 2.48. The number of nitrogens with two attached hydrogens (primary N) is 1. The minimum atomic E-state index is 0.0611. The first kappa shape index (κ1) is 10.4. The first-order valence-corrected chi connectivity index (χ1v) is 5.16. The van der Waals surface area contributed by atoms with E-state index in [4.69, 9.17) is 11.1 Å². The molecular weight excluding hydrogens is 200 g/mol. The SMILES string of the molecule is N=C(N)c1cnn(CCc2ccccc2)c1. The molecule has 0 unspecified atom stereocenters. The largest absolute Gasteiger partial charge is 0.384 e. The number of hydrogen-bond donors (Lipinski definition) is 2. The molecule has 0 saturated carbocycles. The normalized spacial score (nSPS) is 10.2. The van der Waals surface area contributed by atoms with Crippen LogP contribution in [0.1, 0.15) is 11.1 Å². The zero-order valence-electron chi connectivity index (χ0n) is 8.93. The molecule has 4 heteroatoms. The highest BCUT2D eigenvalue weighted by Crippen LogP contribution is 2.02. The molecule has 3 N–H and O–H groups in total. The van der Waals surface area contributed by atoms with Crippen LogP contribution >= 0.6 is 0 Å². The molecule has 0 aliphatic heterocycles. The van der Waals surface area contributed by atoms with E-state index in [1.807, 2.05) is 22.9 Å². The smallest absolute Gasteiger partial charge is 0.125 e. The van der Waals surface area contributed by atoms with Crippen molar-refractivity contribution < 1.29 is 0 Å². The Hall–Kier alpha value is -2.10. The van der Waals surface area contributed by atoms with Crippen LogP contribution in [-0.4, -0.2) is 15.6 Å². The number of rotatable bonds is 4. The highest BCUT2D eigenvalue weighted by atomic mass is 15.3. The highest BCUT2D eigenvalue weighted by molar-refractivity contribution is 5.94. The fraction of sp³-hybridized carbons (Fsp3) is 0.167. The standard InChI is InChI=1S/C12H14N4/c13-12(14)11-8-15-16(9-11)7-6-10-4-2-1-3-5-10/h1-5,8-9H,6-7H2,(H3,13,14). The summed E-state index contributed by atoms with van der Waals surface area (Å²) in [6, 6.07) is 10.2. The van der Waals surface area contributed by atoms with E-state index in [0.29, 0.717) is 5.56 Å². The van der Waals surface area contributed by atoms with Crippen LogP contribution in [0.5, 0.6) is 0 Å². The van der Waals surface area contributed by atoms with E-state index < -0.39 is 0 Å². The topological polar surface area (TPSA) is 67.7 Å². The van der Waals surface area contributed by atoms with Gasteiger partial charge in [0.25, 0.3) is 0 Å². The number of aryl methyl sites for hydroxylation is 2. The summed E-state index contributed by atoms with van der Waals surface area (Å²) < 4.78 is 1.81. The highest BCUT2D eigenvalue weighted by Gasteiger charge is 2.00. The van der Waals surface area contributed by atoms with Gasteiger partial charge in [0.1, 0.15) is 5.84 Å². The van der Waals surface area contributed by atoms with Crippen molar-refractivity contribution in [2.45, 2.75) is 13.0 Å². The molecule has 16 heavy (non-hydrogen) atoms. The summed E-state index contributed by atoms with van der Waals surface area (Å²) in [5, 5.41) is 11.4. The molecule has 0 aliphatic carbocycles. The Morgan fingerprint density at radius 3 is 2.69 bits per heavy atom. The monoisotopic (exact) mass is 214 g/mol. The maximum atomic E-state index is 7.27. The van der Waals surface area contributed by atoms with E-state index in [-0.39, 0.29) is 5.84 Å². The van der Waals surface area contributed by atoms with Crippen LogP contribution < -0.4 is 5.73 Å². The maximum Gasteiger partial charge on any atom is 0.125 e. The summed E-state index contributed by atoms with van der Waals surface area (Å²) in [6.07, 6.45) is 4.35. The van der Waals surface area contributed by atoms with Crippen molar-refractivity contribution in [2.75, 3.05) is 0 Å². The van der Waals surface area contributed by atoms with Crippen molar-refractivity contribution in [1.29, 1.82) is 5.41 Å². The van der Waals surface area contributed by atoms with E-state index >= 15 is 0 Å². The molecule has 0 aliphatic rings. The van der Waals surface area contributed by atoms with Gasteiger partial charge in [0.15, 0.2) is 0 Å². The van der Waals surface area contributed by atoms with Crippen LogP contribution in [0.4, 0.5) is 0 Å². The van der Waals surface area contributed by atoms with Crippen molar-refractivity contribution in [3.63, 3.8) is 0 Å². The van der Waals surface area contributed by atoms with E-state index in [1.54, 1.807) is 12.4 Å². The molecule has 82 valence electrons. The number of benzene rings is 1. The zero-order chi connectivity index (χ0) is 11.4. The van der Waals surface area contributed by atoms with Gasteiger partial charge in [-0.1, -0.05) is 30.3 Å². The lowest BCUT2D eigenvalue weighted by atomic mass is 10.1. The van der Waals surface area contributed by atoms with Gasteiger partial charge >= 0.3 is 0 Å². The molecule has 1 heterocycles. The van der Waals surface area contributed by atoms with Crippen LogP contribution in [-0.2, 0) is 13.0 Å². The van der Waals surface area contributed by atoms with Crippen molar-refractivity contribution in [3.05, 3.63) is 53.9 Å². The molecule has 0 saturated heterocycles. The predicted octanol–water partition coefficient (Wildman–Crippen LogP) is 1.41. The molecule has 0 bridgehead atoms. The molecule has 1 aromatic carbocycles. The predicted molar refractivity (Wildman–Crippen MR) is 63.4 cm³/mol. The first-order chi connectivity index (χ1) is 7.75. The molecule has 0 atom stereocenters. The average Bonchev–Trinajstić information content (AvgIpc) is 2.76. The first-order valence-electron chi connectivity index (χ1n) is 5.16. The minimum absolute atomic E-state index is 0.0611. The van der Waals surface area contributed by atoms with Gasteiger partial charge in [0.05, 0.1) is 11.8 Å². The van der Waals surface area contributed by atoms with Crippen LogP contribution in [0.25, 0.3) is 0 Å². The summed E-state index contributed by atoms with van der Waals surface area (Å²) >= 11 is 0. The van der Waals surface area contributed by atoms with Gasteiger partial charge in [-0.25, -0.2) is 0 Å². The fourth-order valence-electron chi connectivity index (χ4n) is 1.51. The Kier molecular flexibility index (Phi) is 3.00. The third-order valence-corrected chi connectivity index (χ3v) is 2.42. The number of amidine groups is 1. The summed E-state index contributed by atoms with van der Waals surface area (Å²) in [5.41, 5.74) is 7.32. The molecule has 0 fully saturated rings. The van der Waals surface area contributed by atoms with E-state index in [2.05, 4.69) is 17.2 Å². The lowest BCUT2D eigenvalue weighted by Gasteiger charge is -2.01. The second-order valence-electron chi connectivity index (χ2n) is 3.64. The molecule has 0 amide bonds. The molecule has 2 aromatic rings. The van der Waals surface area contributed by atoms with Gasteiger partial charge < -0.3 is 5.73 Å². The summed E-state index contributed by atoms with van der Waals surface area (Å²) in [6.45, 7) is 0.803. The Bertz CT molecular complexity index is 473. The van der Waals surface area contributed by atoms with Gasteiger partial charge in [-0.2, -0.15) is 5.10 Å². The lowest BCUT2D eigenvalue weighted by Crippen LogP contribution is -2.09. The second-order valence-corrected chi connectivity index (χ2v) is 3.64. The van der Waals surface area contributed by atoms with Crippen LogP contribution in [0, 0.1) is 5.41 Å². The zero-order valence-corrected chi connectivity index (χ0v) is 8.93. The lowest BCUT2D eigenvalue weighted by molar-refractivity contribution is 0.615. The van der Waals surface area contributed by atoms with Gasteiger partial charge in [-0.15, -0.1) is 0 Å². The Morgan fingerprint density at radius 2 is 2.06 bits per heavy atom. The van der Waals surface area contributed by atoms with E-state index in [0.717, 1.165) is 13.0 Å². The van der Waals surface area contributed by atoms with Gasteiger partial charge in [-0.05, 0) is 12.0 Å². The quantitative estimate of drug-likeness (QED) is 0.597. The molecule has 4 nitrogen and oxygen atoms in total. The maximum absolute atomic E-state index is 7.27. The Labute approximate surface area is 94.2 Å². The number of nitrogens with one attached hydrogen (secondary N) is 1. The molecule has 0 radical (unpaired) electrons. The van der Waals surface area contributed by atoms with Gasteiger partial charge in [-0.3, -0.25) is 10.1 Å². The second kappa shape index (κ2) is 4.61. The summed E-state index contributed by atoms with van der Waals surface area (Å²) in [5.74, 6) is 0.0611. The molecule has 0 spiro atoms. The minimum Gasteiger partial charge on any atom is -0.384 e. The van der Waals surface area contributed by atoms with Crippen molar-refractivity contribution >= 4 is 5.84 Å². The van der Waals surface area contributed by atoms with Crippen molar-refractivity contribution in [1.82, 2.24) is 9.78 Å². The molecule has 2 rings (SSSR count). The van der Waals surface area contributed by atoms with Gasteiger partial charge in [0, 0.05) is 12.7 Å². The van der Waals surface area contributed by atoms with E-state index in [9.17, 15) is 0 Å². The third-order valence-electron chi connectivity index (χ3n) is 2.42. The molecule has 1 aromatic heterocycles. The Morgan fingerprint density at radius 1 is 1.31 bits per heavy atom. The number of hydrogen-bond acceptors (Lipinski definition) is 2. The van der Waals surface area contributed by atoms with E-state index in [1.165, 1.54) is 5.56 Å². The van der Waals surface area contributed by atoms with Crippen molar-refractivity contribution in [3.8, 4) is 0 Å². The van der Waals surface area contributed by atoms with Crippen LogP contribution in [0.2, 0.25) is 0 Å². The van der Waals surface area contributed by atoms with Crippen molar-refractivity contribution in [2.24, 2.45) is 5.73 Å². The van der Waals surface area contributed by atoms with Crippen LogP contribution in [0.3, 0.4) is 0 Å².